The van der Waals surface area contributed by atoms with Crippen LogP contribution in [0.2, 0.25) is 0 Å². The first-order valence-corrected chi connectivity index (χ1v) is 15.2. The number of ether oxygens (including phenoxy) is 2. The van der Waals surface area contributed by atoms with Crippen LogP contribution in [0.3, 0.4) is 0 Å². The molecule has 1 N–H and O–H groups in total. The van der Waals surface area contributed by atoms with E-state index in [0.717, 1.165) is 22.8 Å². The van der Waals surface area contributed by atoms with Crippen molar-refractivity contribution in [3.63, 3.8) is 0 Å². The highest BCUT2D eigenvalue weighted by atomic mass is 31.2. The van der Waals surface area contributed by atoms with Crippen molar-refractivity contribution in [2.24, 2.45) is 0 Å². The predicted octanol–water partition coefficient (Wildman–Crippen LogP) is 7.68. The highest BCUT2D eigenvalue weighted by molar-refractivity contribution is 7.54. The van der Waals surface area contributed by atoms with Gasteiger partial charge in [0.1, 0.15) is 30.4 Å². The number of carbonyl (C=O) groups is 2. The summed E-state index contributed by atoms with van der Waals surface area (Å²) in [5.74, 6) is -1.90. The van der Waals surface area contributed by atoms with E-state index in [2.05, 4.69) is 0 Å². The first kappa shape index (κ1) is 34.4. The summed E-state index contributed by atoms with van der Waals surface area (Å²) in [6.45, 7) is 9.42. The van der Waals surface area contributed by atoms with Gasteiger partial charge < -0.3 is 23.6 Å². The Labute approximate surface area is 246 Å². The molecule has 1 atom stereocenters. The minimum absolute atomic E-state index is 0.138. The Morgan fingerprint density at radius 3 is 2.02 bits per heavy atom. The Bertz CT molecular complexity index is 1360. The molecule has 10 heteroatoms. The molecular weight excluding hydrogens is 562 g/mol. The van der Waals surface area contributed by atoms with Gasteiger partial charge in [-0.25, -0.2) is 9.18 Å². The van der Waals surface area contributed by atoms with Crippen molar-refractivity contribution in [2.75, 3.05) is 19.4 Å². The molecular formula is C32H38FO8P. The van der Waals surface area contributed by atoms with E-state index in [-0.39, 0.29) is 18.8 Å². The van der Waals surface area contributed by atoms with Gasteiger partial charge in [-0.15, -0.1) is 0 Å². The van der Waals surface area contributed by atoms with Crippen LogP contribution in [-0.4, -0.2) is 36.4 Å². The van der Waals surface area contributed by atoms with Crippen molar-refractivity contribution < 1.29 is 42.2 Å². The van der Waals surface area contributed by atoms with E-state index in [9.17, 15) is 18.5 Å². The van der Waals surface area contributed by atoms with Crippen LogP contribution < -0.4 is 4.74 Å². The zero-order valence-electron chi connectivity index (χ0n) is 24.5. The van der Waals surface area contributed by atoms with E-state index in [0.29, 0.717) is 12.4 Å². The number of hydrogen-bond acceptors (Lipinski definition) is 7. The van der Waals surface area contributed by atoms with Gasteiger partial charge in [0.25, 0.3) is 0 Å². The van der Waals surface area contributed by atoms with Crippen molar-refractivity contribution >= 4 is 25.6 Å². The molecule has 0 saturated carbocycles. The fraction of sp³-hybridized carbons (Fsp3) is 0.312. The Balaban J connectivity index is 0.000000428. The van der Waals surface area contributed by atoms with Crippen LogP contribution in [0.5, 0.6) is 5.75 Å². The third kappa shape index (κ3) is 12.4. The van der Waals surface area contributed by atoms with Crippen molar-refractivity contribution in [3.8, 4) is 5.75 Å². The zero-order chi connectivity index (χ0) is 31.1. The molecule has 0 spiro atoms. The van der Waals surface area contributed by atoms with Gasteiger partial charge in [0.05, 0.1) is 13.2 Å². The summed E-state index contributed by atoms with van der Waals surface area (Å²) < 4.78 is 48.0. The molecule has 0 radical (unpaired) electrons. The van der Waals surface area contributed by atoms with Crippen LogP contribution in [-0.2, 0) is 34.5 Å². The number of rotatable bonds is 13. The predicted molar refractivity (Wildman–Crippen MR) is 160 cm³/mol. The Morgan fingerprint density at radius 2 is 1.50 bits per heavy atom. The first-order chi connectivity index (χ1) is 19.9. The van der Waals surface area contributed by atoms with E-state index in [4.69, 9.17) is 23.6 Å². The Morgan fingerprint density at radius 1 is 0.929 bits per heavy atom. The van der Waals surface area contributed by atoms with Gasteiger partial charge in [-0.3, -0.25) is 9.36 Å². The molecule has 226 valence electrons. The highest BCUT2D eigenvalue weighted by Gasteiger charge is 2.30. The van der Waals surface area contributed by atoms with E-state index < -0.39 is 37.6 Å². The third-order valence-electron chi connectivity index (χ3n) is 5.71. The minimum atomic E-state index is -3.57. The molecule has 3 aromatic carbocycles. The number of aliphatic carboxylic acids is 1. The van der Waals surface area contributed by atoms with E-state index >= 15 is 0 Å². The number of hydrogen-bond donors (Lipinski definition) is 1. The molecule has 0 aromatic heterocycles. The van der Waals surface area contributed by atoms with Crippen LogP contribution in [0.15, 0.2) is 72.8 Å². The quantitative estimate of drug-likeness (QED) is 0.121. The highest BCUT2D eigenvalue weighted by Crippen LogP contribution is 2.48. The zero-order valence-corrected chi connectivity index (χ0v) is 25.4. The van der Waals surface area contributed by atoms with Crippen molar-refractivity contribution in [1.29, 1.82) is 0 Å². The van der Waals surface area contributed by atoms with E-state index in [1.54, 1.807) is 26.0 Å². The van der Waals surface area contributed by atoms with Crippen LogP contribution in [0.4, 0.5) is 4.39 Å². The molecule has 0 heterocycles. The number of benzene rings is 3. The fourth-order valence-electron chi connectivity index (χ4n) is 3.60. The summed E-state index contributed by atoms with van der Waals surface area (Å²) in [7, 11) is -3.57. The molecule has 0 aliphatic rings. The molecule has 0 amide bonds. The van der Waals surface area contributed by atoms with Gasteiger partial charge in [0.15, 0.2) is 0 Å². The summed E-state index contributed by atoms with van der Waals surface area (Å²) in [5.41, 5.74) is 4.39. The standard InChI is InChI=1S/C22H28FO6P.C10H10O2/c1-5-27-30(25,28-6-2)15-22(24)29-17(4)20-12-11-19(13-21(20)23)26-14-18-9-7-16(3)8-10-18;1-8-2-4-9(5-3-8)6-7-10(11)12/h7-13,17H,5-6,14-15H2,1-4H3;2-7H,1H3,(H,11,12)/b;7-6+. The van der Waals surface area contributed by atoms with Crippen LogP contribution in [0, 0.1) is 19.7 Å². The summed E-state index contributed by atoms with van der Waals surface area (Å²) in [6.07, 6.45) is 1.30. The second kappa shape index (κ2) is 17.2. The largest absolute Gasteiger partial charge is 0.489 e. The second-order valence-corrected chi connectivity index (χ2v) is 11.3. The van der Waals surface area contributed by atoms with Gasteiger partial charge in [0.2, 0.25) is 0 Å². The lowest BCUT2D eigenvalue weighted by Gasteiger charge is -2.19. The normalized spacial score (nSPS) is 11.9. The monoisotopic (exact) mass is 600 g/mol. The number of carboxylic acid groups (broad SMARTS) is 1. The van der Waals surface area contributed by atoms with Crippen molar-refractivity contribution in [3.05, 3.63) is 106 Å². The number of esters is 1. The Kier molecular flexibility index (Phi) is 14.1. The summed E-state index contributed by atoms with van der Waals surface area (Å²) in [5, 5.41) is 8.34. The molecule has 42 heavy (non-hydrogen) atoms. The summed E-state index contributed by atoms with van der Waals surface area (Å²) in [6, 6.07) is 19.9. The number of halogens is 1. The van der Waals surface area contributed by atoms with Gasteiger partial charge in [-0.2, -0.15) is 0 Å². The molecule has 8 nitrogen and oxygen atoms in total. The lowest BCUT2D eigenvalue weighted by atomic mass is 10.1. The first-order valence-electron chi connectivity index (χ1n) is 13.5. The van der Waals surface area contributed by atoms with Crippen LogP contribution in [0.25, 0.3) is 6.08 Å². The minimum Gasteiger partial charge on any atom is -0.489 e. The average molecular weight is 601 g/mol. The average Bonchev–Trinajstić information content (AvgIpc) is 2.92. The second-order valence-electron chi connectivity index (χ2n) is 9.28. The molecule has 0 aliphatic heterocycles. The topological polar surface area (TPSA) is 108 Å². The van der Waals surface area contributed by atoms with Crippen molar-refractivity contribution in [1.82, 2.24) is 0 Å². The number of aryl methyl sites for hydroxylation is 2. The van der Waals surface area contributed by atoms with E-state index in [1.807, 2.05) is 62.4 Å². The Hall–Kier alpha value is -3.78. The maximum absolute atomic E-state index is 14.5. The smallest absolute Gasteiger partial charge is 0.341 e. The maximum atomic E-state index is 14.5. The third-order valence-corrected chi connectivity index (χ3v) is 7.66. The van der Waals surface area contributed by atoms with Crippen LogP contribution >= 0.6 is 7.60 Å². The van der Waals surface area contributed by atoms with Gasteiger partial charge in [-0.1, -0.05) is 59.7 Å². The molecule has 3 aromatic rings. The van der Waals surface area contributed by atoms with Gasteiger partial charge >= 0.3 is 19.5 Å². The van der Waals surface area contributed by atoms with Gasteiger partial charge in [0, 0.05) is 17.7 Å². The SMILES string of the molecule is CCOP(=O)(CC(=O)OC(C)c1ccc(OCc2ccc(C)cc2)cc1F)OCC.Cc1ccc(/C=C/C(=O)O)cc1. The molecule has 0 aliphatic carbocycles. The van der Waals surface area contributed by atoms with Crippen LogP contribution in [0.1, 0.15) is 54.7 Å². The summed E-state index contributed by atoms with van der Waals surface area (Å²) >= 11 is 0. The van der Waals surface area contributed by atoms with E-state index in [1.165, 1.54) is 24.6 Å². The number of carboxylic acids is 1. The fourth-order valence-corrected chi connectivity index (χ4v) is 5.04. The molecule has 0 saturated heterocycles. The molecule has 0 fully saturated rings. The van der Waals surface area contributed by atoms with Crippen molar-refractivity contribution in [2.45, 2.75) is 47.3 Å². The number of carbonyl (C=O) groups excluding carboxylic acids is 1. The lowest BCUT2D eigenvalue weighted by molar-refractivity contribution is -0.145. The molecule has 1 unspecified atom stereocenters. The molecule has 3 rings (SSSR count). The van der Waals surface area contributed by atoms with Gasteiger partial charge in [-0.05, 0) is 64.0 Å². The maximum Gasteiger partial charge on any atom is 0.341 e. The molecule has 0 bridgehead atoms. The lowest BCUT2D eigenvalue weighted by Crippen LogP contribution is -2.16. The summed E-state index contributed by atoms with van der Waals surface area (Å²) in [4.78, 5) is 22.3.